The van der Waals surface area contributed by atoms with Crippen LogP contribution >= 0.6 is 0 Å². The van der Waals surface area contributed by atoms with Gasteiger partial charge in [0, 0.05) is 19.2 Å². The number of hydrazine groups is 2. The van der Waals surface area contributed by atoms with E-state index in [2.05, 4.69) is 21.4 Å². The molecule has 2 rings (SSSR count). The number of nitro benzene ring substituents is 1. The molecular formula is C11H14N6O3. The van der Waals surface area contributed by atoms with Crippen molar-refractivity contribution in [1.82, 2.24) is 21.4 Å². The van der Waals surface area contributed by atoms with Crippen molar-refractivity contribution in [3.8, 4) is 0 Å². The van der Waals surface area contributed by atoms with Crippen LogP contribution in [0.5, 0.6) is 0 Å². The van der Waals surface area contributed by atoms with E-state index in [9.17, 15) is 14.9 Å². The van der Waals surface area contributed by atoms with Crippen LogP contribution in [0, 0.1) is 10.1 Å². The summed E-state index contributed by atoms with van der Waals surface area (Å²) in [4.78, 5) is 22.1. The molecule has 0 saturated carbocycles. The molecule has 0 aliphatic carbocycles. The maximum absolute atomic E-state index is 11.9. The van der Waals surface area contributed by atoms with Crippen LogP contribution in [0.2, 0.25) is 0 Å². The second kappa shape index (κ2) is 6.48. The summed E-state index contributed by atoms with van der Waals surface area (Å²) in [6.45, 7) is 1.03. The Labute approximate surface area is 114 Å². The summed E-state index contributed by atoms with van der Waals surface area (Å²) in [6.07, 6.45) is 2.17. The minimum Gasteiger partial charge on any atom is -0.352 e. The first-order valence-corrected chi connectivity index (χ1v) is 6.01. The first-order chi connectivity index (χ1) is 9.68. The van der Waals surface area contributed by atoms with E-state index in [1.165, 1.54) is 24.5 Å². The molecule has 0 radical (unpaired) electrons. The number of hydrogen-bond donors (Lipinski definition) is 3. The number of hydrazone groups is 1. The van der Waals surface area contributed by atoms with Crippen LogP contribution in [-0.4, -0.2) is 35.4 Å². The van der Waals surface area contributed by atoms with E-state index < -0.39 is 10.8 Å². The second-order valence-corrected chi connectivity index (χ2v) is 4.02. The molecule has 106 valence electrons. The smallest absolute Gasteiger partial charge is 0.282 e. The van der Waals surface area contributed by atoms with Crippen molar-refractivity contribution in [2.24, 2.45) is 5.10 Å². The second-order valence-electron chi connectivity index (χ2n) is 4.02. The summed E-state index contributed by atoms with van der Waals surface area (Å²) in [5.74, 6) is -0.448. The predicted octanol–water partition coefficient (Wildman–Crippen LogP) is -0.0172. The van der Waals surface area contributed by atoms with Gasteiger partial charge in [-0.25, -0.2) is 5.53 Å². The van der Waals surface area contributed by atoms with Gasteiger partial charge in [0.1, 0.15) is 11.9 Å². The van der Waals surface area contributed by atoms with E-state index in [0.717, 1.165) is 0 Å². The topological polar surface area (TPSA) is 112 Å². The van der Waals surface area contributed by atoms with E-state index >= 15 is 0 Å². The van der Waals surface area contributed by atoms with Gasteiger partial charge in [-0.3, -0.25) is 20.3 Å². The van der Waals surface area contributed by atoms with Crippen LogP contribution < -0.4 is 16.3 Å². The van der Waals surface area contributed by atoms with Gasteiger partial charge in [0.05, 0.1) is 4.92 Å². The molecular weight excluding hydrogens is 264 g/mol. The quantitative estimate of drug-likeness (QED) is 0.383. The van der Waals surface area contributed by atoms with Crippen LogP contribution in [-0.2, 0) is 0 Å². The highest BCUT2D eigenvalue weighted by atomic mass is 16.6. The molecule has 9 heteroatoms. The summed E-state index contributed by atoms with van der Waals surface area (Å²) in [6, 6.07) is 5.87. The highest BCUT2D eigenvalue weighted by Crippen LogP contribution is 2.17. The van der Waals surface area contributed by atoms with E-state index in [4.69, 9.17) is 0 Å². The van der Waals surface area contributed by atoms with Gasteiger partial charge in [-0.05, 0) is 12.5 Å². The Morgan fingerprint density at radius 3 is 2.95 bits per heavy atom. The SMILES string of the molecule is O=C(NCCCN1NC=NN1)c1ccccc1[N+](=O)[O-]. The number of rotatable bonds is 6. The lowest BCUT2D eigenvalue weighted by molar-refractivity contribution is -0.385. The van der Waals surface area contributed by atoms with E-state index in [1.54, 1.807) is 11.2 Å². The zero-order valence-electron chi connectivity index (χ0n) is 10.6. The molecule has 0 fully saturated rings. The minimum absolute atomic E-state index is 0.0678. The van der Waals surface area contributed by atoms with Crippen molar-refractivity contribution in [2.45, 2.75) is 6.42 Å². The highest BCUT2D eigenvalue weighted by Gasteiger charge is 2.18. The number of hydrogen-bond acceptors (Lipinski definition) is 7. The molecule has 9 nitrogen and oxygen atoms in total. The van der Waals surface area contributed by atoms with E-state index in [0.29, 0.717) is 19.5 Å². The fraction of sp³-hybridized carbons (Fsp3) is 0.273. The molecule has 0 atom stereocenters. The molecule has 0 spiro atoms. The third-order valence-electron chi connectivity index (χ3n) is 2.65. The third-order valence-corrected chi connectivity index (χ3v) is 2.65. The fourth-order valence-electron chi connectivity index (χ4n) is 1.70. The zero-order valence-corrected chi connectivity index (χ0v) is 10.6. The van der Waals surface area contributed by atoms with Crippen LogP contribution in [0.15, 0.2) is 29.4 Å². The van der Waals surface area contributed by atoms with Gasteiger partial charge in [0.15, 0.2) is 0 Å². The van der Waals surface area contributed by atoms with Gasteiger partial charge in [0.25, 0.3) is 11.6 Å². The van der Waals surface area contributed by atoms with Crippen LogP contribution in [0.4, 0.5) is 5.69 Å². The number of nitro groups is 1. The number of carbonyl (C=O) groups is 1. The summed E-state index contributed by atoms with van der Waals surface area (Å²) in [7, 11) is 0. The Morgan fingerprint density at radius 1 is 1.45 bits per heavy atom. The Morgan fingerprint density at radius 2 is 2.25 bits per heavy atom. The minimum atomic E-state index is -0.565. The Bertz CT molecular complexity index is 525. The van der Waals surface area contributed by atoms with E-state index in [1.807, 2.05) is 0 Å². The van der Waals surface area contributed by atoms with Crippen molar-refractivity contribution in [3.05, 3.63) is 39.9 Å². The van der Waals surface area contributed by atoms with Gasteiger partial charge >= 0.3 is 0 Å². The number of nitrogens with zero attached hydrogens (tertiary/aromatic N) is 3. The Balaban J connectivity index is 1.81. The number of benzene rings is 1. The number of carbonyl (C=O) groups excluding carboxylic acids is 1. The van der Waals surface area contributed by atoms with Gasteiger partial charge in [-0.1, -0.05) is 12.1 Å². The van der Waals surface area contributed by atoms with Crippen molar-refractivity contribution < 1.29 is 9.72 Å². The molecule has 0 aromatic heterocycles. The molecule has 0 bridgehead atoms. The van der Waals surface area contributed by atoms with Gasteiger partial charge in [-0.2, -0.15) is 5.10 Å². The number of para-hydroxylation sites is 1. The summed E-state index contributed by atoms with van der Waals surface area (Å²) < 4.78 is 0. The highest BCUT2D eigenvalue weighted by molar-refractivity contribution is 5.98. The molecule has 1 aliphatic heterocycles. The van der Waals surface area contributed by atoms with Crippen LogP contribution in [0.25, 0.3) is 0 Å². The molecule has 1 heterocycles. The lowest BCUT2D eigenvalue weighted by atomic mass is 10.1. The maximum atomic E-state index is 11.9. The van der Waals surface area contributed by atoms with Gasteiger partial charge in [-0.15, -0.1) is 5.12 Å². The standard InChI is InChI=1S/C11H14N6O3/c18-11(9-4-1-2-5-10(9)17(19)20)12-6-3-7-16-14-8-13-15-16/h1-2,4-5,8,15H,3,6-7H2,(H,12,18)(H,13,14). The average molecular weight is 278 g/mol. The van der Waals surface area contributed by atoms with Gasteiger partial charge in [0.2, 0.25) is 0 Å². The predicted molar refractivity (Wildman–Crippen MR) is 71.5 cm³/mol. The first-order valence-electron chi connectivity index (χ1n) is 6.01. The summed E-state index contributed by atoms with van der Waals surface area (Å²) in [5.41, 5.74) is 5.39. The molecule has 1 aliphatic rings. The lowest BCUT2D eigenvalue weighted by Crippen LogP contribution is -2.40. The largest absolute Gasteiger partial charge is 0.352 e. The van der Waals surface area contributed by atoms with E-state index in [-0.39, 0.29) is 11.3 Å². The Kier molecular flexibility index (Phi) is 4.45. The van der Waals surface area contributed by atoms with Crippen molar-refractivity contribution in [1.29, 1.82) is 0 Å². The summed E-state index contributed by atoms with van der Waals surface area (Å²) in [5, 5.41) is 18.9. The zero-order chi connectivity index (χ0) is 14.4. The summed E-state index contributed by atoms with van der Waals surface area (Å²) >= 11 is 0. The average Bonchev–Trinajstić information content (AvgIpc) is 2.96. The third kappa shape index (κ3) is 3.42. The Hall–Kier alpha value is -2.68. The molecule has 20 heavy (non-hydrogen) atoms. The fourth-order valence-corrected chi connectivity index (χ4v) is 1.70. The normalized spacial score (nSPS) is 13.6. The number of nitrogens with one attached hydrogen (secondary N) is 3. The van der Waals surface area contributed by atoms with Gasteiger partial charge < -0.3 is 5.32 Å². The maximum Gasteiger partial charge on any atom is 0.282 e. The molecule has 1 aromatic carbocycles. The van der Waals surface area contributed by atoms with Crippen LogP contribution in [0.1, 0.15) is 16.8 Å². The molecule has 1 aromatic rings. The van der Waals surface area contributed by atoms with Crippen molar-refractivity contribution >= 4 is 17.9 Å². The monoisotopic (exact) mass is 278 g/mol. The number of amides is 1. The van der Waals surface area contributed by atoms with Crippen molar-refractivity contribution in [2.75, 3.05) is 13.1 Å². The lowest BCUT2D eigenvalue weighted by Gasteiger charge is -2.14. The molecule has 1 amide bonds. The first kappa shape index (κ1) is 13.7. The van der Waals surface area contributed by atoms with Crippen molar-refractivity contribution in [3.63, 3.8) is 0 Å². The van der Waals surface area contributed by atoms with Crippen LogP contribution in [0.3, 0.4) is 0 Å². The molecule has 3 N–H and O–H groups in total. The molecule has 0 saturated heterocycles. The molecule has 0 unspecified atom stereocenters.